The van der Waals surface area contributed by atoms with Crippen molar-refractivity contribution in [3.8, 4) is 0 Å². The van der Waals surface area contributed by atoms with Crippen LogP contribution in [0.2, 0.25) is 0 Å². The molecule has 1 unspecified atom stereocenters. The lowest BCUT2D eigenvalue weighted by Crippen LogP contribution is -2.23. The van der Waals surface area contributed by atoms with E-state index < -0.39 is 0 Å². The first-order valence-electron chi connectivity index (χ1n) is 4.62. The highest BCUT2D eigenvalue weighted by Gasteiger charge is 2.63. The molecule has 1 N–H and O–H groups in total. The summed E-state index contributed by atoms with van der Waals surface area (Å²) in [6.07, 6.45) is 4.75. The van der Waals surface area contributed by atoms with Crippen molar-refractivity contribution in [3.63, 3.8) is 0 Å². The molecule has 0 saturated heterocycles. The van der Waals surface area contributed by atoms with Crippen LogP contribution >= 0.6 is 0 Å². The van der Waals surface area contributed by atoms with Crippen molar-refractivity contribution in [1.29, 1.82) is 0 Å². The largest absolute Gasteiger partial charge is 0.395 e. The van der Waals surface area contributed by atoms with Gasteiger partial charge in [-0.1, -0.05) is 13.8 Å². The lowest BCUT2D eigenvalue weighted by atomic mass is 9.96. The molecule has 1 atom stereocenters. The van der Waals surface area contributed by atoms with Crippen LogP contribution in [0.1, 0.15) is 26.1 Å². The van der Waals surface area contributed by atoms with Gasteiger partial charge in [0, 0.05) is 19.4 Å². The van der Waals surface area contributed by atoms with Crippen molar-refractivity contribution in [2.45, 2.75) is 25.7 Å². The molecule has 3 nitrogen and oxygen atoms in total. The topological polar surface area (TPSA) is 38.0 Å². The molecular formula is C10H16N2O. The van der Waals surface area contributed by atoms with E-state index in [9.17, 15) is 5.11 Å². The maximum absolute atomic E-state index is 9.44. The van der Waals surface area contributed by atoms with Crippen molar-refractivity contribution in [2.75, 3.05) is 6.61 Å². The van der Waals surface area contributed by atoms with Gasteiger partial charge in [-0.25, -0.2) is 4.98 Å². The van der Waals surface area contributed by atoms with E-state index in [4.69, 9.17) is 0 Å². The van der Waals surface area contributed by atoms with Crippen molar-refractivity contribution < 1.29 is 5.11 Å². The molecule has 1 saturated carbocycles. The molecule has 1 aromatic rings. The number of aryl methyl sites for hydroxylation is 1. The molecule has 2 rings (SSSR count). The fourth-order valence-electron chi connectivity index (χ4n) is 2.26. The molecular weight excluding hydrogens is 164 g/mol. The van der Waals surface area contributed by atoms with Gasteiger partial charge >= 0.3 is 0 Å². The van der Waals surface area contributed by atoms with Crippen molar-refractivity contribution in [3.05, 3.63) is 18.2 Å². The zero-order chi connectivity index (χ0) is 9.69. The van der Waals surface area contributed by atoms with Gasteiger partial charge in [0.25, 0.3) is 0 Å². The summed E-state index contributed by atoms with van der Waals surface area (Å²) >= 11 is 0. The summed E-state index contributed by atoms with van der Waals surface area (Å²) in [6.45, 7) is 4.56. The molecule has 0 aliphatic heterocycles. The summed E-state index contributed by atoms with van der Waals surface area (Å²) in [5, 5.41) is 9.44. The molecule has 1 aliphatic rings. The highest BCUT2D eigenvalue weighted by Crippen LogP contribution is 2.63. The molecule has 1 aromatic heterocycles. The Balaban J connectivity index is 2.41. The lowest BCUT2D eigenvalue weighted by molar-refractivity contribution is 0.223. The number of aliphatic hydroxyl groups excluding tert-OH is 1. The number of nitrogens with zero attached hydrogens (tertiary/aromatic N) is 2. The molecule has 1 aliphatic carbocycles. The average Bonchev–Trinajstić information content (AvgIpc) is 2.43. The van der Waals surface area contributed by atoms with Crippen LogP contribution in [0.15, 0.2) is 12.4 Å². The predicted molar refractivity (Wildman–Crippen MR) is 50.4 cm³/mol. The number of rotatable bonds is 2. The number of hydrogen-bond acceptors (Lipinski definition) is 2. The quantitative estimate of drug-likeness (QED) is 0.739. The SMILES string of the molecule is Cn1ccnc1C1(CO)CC1(C)C. The molecule has 0 radical (unpaired) electrons. The van der Waals surface area contributed by atoms with Crippen LogP contribution in [0.4, 0.5) is 0 Å². The molecule has 3 heteroatoms. The Kier molecular flexibility index (Phi) is 1.58. The number of imidazole rings is 1. The molecule has 0 aromatic carbocycles. The van der Waals surface area contributed by atoms with Gasteiger partial charge in [-0.2, -0.15) is 0 Å². The summed E-state index contributed by atoms with van der Waals surface area (Å²) in [4.78, 5) is 4.32. The van der Waals surface area contributed by atoms with Crippen LogP contribution in [0.5, 0.6) is 0 Å². The smallest absolute Gasteiger partial charge is 0.117 e. The van der Waals surface area contributed by atoms with Crippen LogP contribution in [-0.2, 0) is 12.5 Å². The summed E-state index contributed by atoms with van der Waals surface area (Å²) in [5.74, 6) is 1.01. The molecule has 0 spiro atoms. The fourth-order valence-corrected chi connectivity index (χ4v) is 2.26. The Bertz CT molecular complexity index is 329. The molecule has 13 heavy (non-hydrogen) atoms. The first kappa shape index (κ1) is 8.75. The van der Waals surface area contributed by atoms with Gasteiger partial charge in [0.1, 0.15) is 5.82 Å². The van der Waals surface area contributed by atoms with Crippen LogP contribution in [-0.4, -0.2) is 21.3 Å². The molecule has 1 fully saturated rings. The Morgan fingerprint density at radius 3 is 2.54 bits per heavy atom. The number of aliphatic hydroxyl groups is 1. The molecule has 72 valence electrons. The van der Waals surface area contributed by atoms with E-state index in [1.165, 1.54) is 0 Å². The van der Waals surface area contributed by atoms with Gasteiger partial charge in [0.2, 0.25) is 0 Å². The predicted octanol–water partition coefficient (Wildman–Crippen LogP) is 1.08. The van der Waals surface area contributed by atoms with Gasteiger partial charge in [-0.15, -0.1) is 0 Å². The van der Waals surface area contributed by atoms with Crippen molar-refractivity contribution in [2.24, 2.45) is 12.5 Å². The van der Waals surface area contributed by atoms with E-state index in [-0.39, 0.29) is 17.4 Å². The Morgan fingerprint density at radius 1 is 1.62 bits per heavy atom. The first-order chi connectivity index (χ1) is 6.03. The number of hydrogen-bond donors (Lipinski definition) is 1. The van der Waals surface area contributed by atoms with E-state index in [0.717, 1.165) is 12.2 Å². The summed E-state index contributed by atoms with van der Waals surface area (Å²) in [5.41, 5.74) is 0.103. The standard InChI is InChI=1S/C10H16N2O/c1-9(2)6-10(9,7-13)8-11-4-5-12(8)3/h4-5,13H,6-7H2,1-3H3. The normalized spacial score (nSPS) is 30.5. The second-order valence-electron chi connectivity index (χ2n) is 4.66. The molecule has 0 bridgehead atoms. The van der Waals surface area contributed by atoms with Gasteiger partial charge in [0.05, 0.1) is 12.0 Å². The molecule has 0 amide bonds. The van der Waals surface area contributed by atoms with E-state index in [0.29, 0.717) is 0 Å². The van der Waals surface area contributed by atoms with E-state index in [1.54, 1.807) is 6.20 Å². The highest BCUT2D eigenvalue weighted by atomic mass is 16.3. The van der Waals surface area contributed by atoms with E-state index in [2.05, 4.69) is 18.8 Å². The van der Waals surface area contributed by atoms with Gasteiger partial charge in [-0.3, -0.25) is 0 Å². The summed E-state index contributed by atoms with van der Waals surface area (Å²) in [7, 11) is 1.98. The average molecular weight is 180 g/mol. The summed E-state index contributed by atoms with van der Waals surface area (Å²) < 4.78 is 2.00. The Morgan fingerprint density at radius 2 is 2.23 bits per heavy atom. The third-order valence-corrected chi connectivity index (χ3v) is 3.43. The summed E-state index contributed by atoms with van der Waals surface area (Å²) in [6, 6.07) is 0. The second kappa shape index (κ2) is 2.35. The van der Waals surface area contributed by atoms with E-state index in [1.807, 2.05) is 17.8 Å². The monoisotopic (exact) mass is 180 g/mol. The van der Waals surface area contributed by atoms with E-state index >= 15 is 0 Å². The van der Waals surface area contributed by atoms with Gasteiger partial charge < -0.3 is 9.67 Å². The van der Waals surface area contributed by atoms with Crippen LogP contribution in [0.25, 0.3) is 0 Å². The third kappa shape index (κ3) is 0.967. The van der Waals surface area contributed by atoms with Crippen LogP contribution in [0.3, 0.4) is 0 Å². The van der Waals surface area contributed by atoms with Crippen LogP contribution in [0, 0.1) is 5.41 Å². The van der Waals surface area contributed by atoms with Gasteiger partial charge in [-0.05, 0) is 11.8 Å². The maximum Gasteiger partial charge on any atom is 0.117 e. The minimum absolute atomic E-state index is 0.0920. The maximum atomic E-state index is 9.44. The zero-order valence-corrected chi connectivity index (χ0v) is 8.41. The van der Waals surface area contributed by atoms with Crippen molar-refractivity contribution >= 4 is 0 Å². The third-order valence-electron chi connectivity index (χ3n) is 3.43. The van der Waals surface area contributed by atoms with Crippen LogP contribution < -0.4 is 0 Å². The Hall–Kier alpha value is -0.830. The molecule has 1 heterocycles. The number of aromatic nitrogens is 2. The van der Waals surface area contributed by atoms with Gasteiger partial charge in [0.15, 0.2) is 0 Å². The lowest BCUT2D eigenvalue weighted by Gasteiger charge is -2.17. The second-order valence-corrected chi connectivity index (χ2v) is 4.66. The Labute approximate surface area is 78.4 Å². The fraction of sp³-hybridized carbons (Fsp3) is 0.700. The van der Waals surface area contributed by atoms with Crippen molar-refractivity contribution in [1.82, 2.24) is 9.55 Å². The first-order valence-corrected chi connectivity index (χ1v) is 4.62. The minimum Gasteiger partial charge on any atom is -0.395 e. The minimum atomic E-state index is -0.0920. The zero-order valence-electron chi connectivity index (χ0n) is 8.41. The highest BCUT2D eigenvalue weighted by molar-refractivity contribution is 5.28.